The van der Waals surface area contributed by atoms with Gasteiger partial charge in [-0.1, -0.05) is 41.9 Å². The molecule has 2 aromatic carbocycles. The molecule has 0 unspecified atom stereocenters. The normalized spacial score (nSPS) is 16.5. The lowest BCUT2D eigenvalue weighted by atomic mass is 9.83. The Hall–Kier alpha value is -2.33. The summed E-state index contributed by atoms with van der Waals surface area (Å²) >= 11 is 5.94. The smallest absolute Gasteiger partial charge is 0.240 e. The standard InChI is InChI=1S/C23H27ClN2O2/c1-17-16-20(24)11-14-22(17)28-15-5-8-23(27)26-25-21-12-9-19(10-13-21)18-6-3-2-4-7-18/h2-4,6-7,11,14,16,19H,5,8-10,12-13,15H2,1H3,(H,26,27). The van der Waals surface area contributed by atoms with Gasteiger partial charge in [-0.05, 0) is 74.3 Å². The Balaban J connectivity index is 1.34. The molecule has 148 valence electrons. The van der Waals surface area contributed by atoms with E-state index in [0.717, 1.165) is 42.7 Å². The lowest BCUT2D eigenvalue weighted by Gasteiger charge is -2.23. The largest absolute Gasteiger partial charge is 0.493 e. The Labute approximate surface area is 171 Å². The van der Waals surface area contributed by atoms with Crippen molar-refractivity contribution >= 4 is 23.2 Å². The molecule has 0 aliphatic heterocycles. The number of nitrogens with zero attached hydrogens (tertiary/aromatic N) is 1. The summed E-state index contributed by atoms with van der Waals surface area (Å²) in [7, 11) is 0. The molecule has 0 saturated heterocycles. The van der Waals surface area contributed by atoms with E-state index in [9.17, 15) is 4.79 Å². The summed E-state index contributed by atoms with van der Waals surface area (Å²) in [5.74, 6) is 1.35. The van der Waals surface area contributed by atoms with Crippen LogP contribution in [0.3, 0.4) is 0 Å². The Kier molecular flexibility index (Phi) is 7.49. The van der Waals surface area contributed by atoms with Crippen LogP contribution in [0.4, 0.5) is 0 Å². The van der Waals surface area contributed by atoms with Gasteiger partial charge >= 0.3 is 0 Å². The summed E-state index contributed by atoms with van der Waals surface area (Å²) in [6, 6.07) is 16.2. The highest BCUT2D eigenvalue weighted by Gasteiger charge is 2.19. The number of carbonyl (C=O) groups excluding carboxylic acids is 1. The average molecular weight is 399 g/mol. The van der Waals surface area contributed by atoms with Gasteiger partial charge in [-0.3, -0.25) is 4.79 Å². The lowest BCUT2D eigenvalue weighted by Crippen LogP contribution is -2.22. The molecule has 2 aromatic rings. The number of nitrogens with one attached hydrogen (secondary N) is 1. The second kappa shape index (κ2) is 10.3. The van der Waals surface area contributed by atoms with Crippen LogP contribution < -0.4 is 10.2 Å². The number of rotatable bonds is 7. The van der Waals surface area contributed by atoms with Crippen LogP contribution in [0.1, 0.15) is 55.6 Å². The van der Waals surface area contributed by atoms with Gasteiger partial charge in [0.2, 0.25) is 5.91 Å². The first-order valence-electron chi connectivity index (χ1n) is 9.90. The van der Waals surface area contributed by atoms with E-state index in [0.29, 0.717) is 30.4 Å². The van der Waals surface area contributed by atoms with Gasteiger partial charge in [-0.15, -0.1) is 0 Å². The van der Waals surface area contributed by atoms with E-state index in [-0.39, 0.29) is 5.91 Å². The maximum absolute atomic E-state index is 12.0. The predicted molar refractivity (Wildman–Crippen MR) is 114 cm³/mol. The quantitative estimate of drug-likeness (QED) is 0.484. The highest BCUT2D eigenvalue weighted by molar-refractivity contribution is 6.30. The number of amides is 1. The van der Waals surface area contributed by atoms with E-state index in [1.807, 2.05) is 19.1 Å². The molecule has 5 heteroatoms. The number of hydrogen-bond donors (Lipinski definition) is 1. The number of benzene rings is 2. The fraction of sp³-hybridized carbons (Fsp3) is 0.391. The number of hydrogen-bond acceptors (Lipinski definition) is 3. The first-order chi connectivity index (χ1) is 13.6. The van der Waals surface area contributed by atoms with Gasteiger partial charge in [-0.2, -0.15) is 5.10 Å². The number of ether oxygens (including phenoxy) is 1. The average Bonchev–Trinajstić information content (AvgIpc) is 2.72. The van der Waals surface area contributed by atoms with E-state index >= 15 is 0 Å². The Morgan fingerprint density at radius 3 is 2.64 bits per heavy atom. The summed E-state index contributed by atoms with van der Waals surface area (Å²) in [6.07, 6.45) is 5.11. The number of carbonyl (C=O) groups is 1. The topological polar surface area (TPSA) is 50.7 Å². The van der Waals surface area contributed by atoms with Crippen molar-refractivity contribution in [3.63, 3.8) is 0 Å². The monoisotopic (exact) mass is 398 g/mol. The molecule has 1 saturated carbocycles. The van der Waals surface area contributed by atoms with Crippen molar-refractivity contribution in [1.29, 1.82) is 0 Å². The molecule has 28 heavy (non-hydrogen) atoms. The molecule has 0 heterocycles. The molecule has 0 aromatic heterocycles. The lowest BCUT2D eigenvalue weighted by molar-refractivity contribution is -0.121. The molecule has 4 nitrogen and oxygen atoms in total. The van der Waals surface area contributed by atoms with Crippen LogP contribution in [-0.2, 0) is 4.79 Å². The van der Waals surface area contributed by atoms with Crippen molar-refractivity contribution in [2.24, 2.45) is 5.10 Å². The van der Waals surface area contributed by atoms with Crippen molar-refractivity contribution in [3.8, 4) is 5.75 Å². The molecular weight excluding hydrogens is 372 g/mol. The van der Waals surface area contributed by atoms with E-state index in [4.69, 9.17) is 16.3 Å². The van der Waals surface area contributed by atoms with Crippen molar-refractivity contribution in [1.82, 2.24) is 5.43 Å². The summed E-state index contributed by atoms with van der Waals surface area (Å²) in [5, 5.41) is 5.03. The Morgan fingerprint density at radius 2 is 1.93 bits per heavy atom. The Morgan fingerprint density at radius 1 is 1.18 bits per heavy atom. The predicted octanol–water partition coefficient (Wildman–Crippen LogP) is 5.64. The van der Waals surface area contributed by atoms with E-state index < -0.39 is 0 Å². The van der Waals surface area contributed by atoms with Crippen molar-refractivity contribution in [2.75, 3.05) is 6.61 Å². The van der Waals surface area contributed by atoms with E-state index in [1.54, 1.807) is 6.07 Å². The SMILES string of the molecule is Cc1cc(Cl)ccc1OCCCC(=O)NN=C1CCC(c2ccccc2)CC1. The van der Waals surface area contributed by atoms with E-state index in [1.165, 1.54) is 5.56 Å². The van der Waals surface area contributed by atoms with Crippen LogP contribution in [0, 0.1) is 6.92 Å². The second-order valence-corrected chi connectivity index (χ2v) is 7.70. The van der Waals surface area contributed by atoms with Gasteiger partial charge in [0.05, 0.1) is 6.61 Å². The Bertz CT molecular complexity index is 811. The van der Waals surface area contributed by atoms with Crippen LogP contribution >= 0.6 is 11.6 Å². The minimum atomic E-state index is -0.0610. The molecular formula is C23H27ClN2O2. The summed E-state index contributed by atoms with van der Waals surface area (Å²) in [5.41, 5.74) is 6.19. The first kappa shape index (κ1) is 20.4. The molecule has 0 spiro atoms. The van der Waals surface area contributed by atoms with Crippen LogP contribution in [0.25, 0.3) is 0 Å². The summed E-state index contributed by atoms with van der Waals surface area (Å²) < 4.78 is 5.72. The van der Waals surface area contributed by atoms with E-state index in [2.05, 4.69) is 40.9 Å². The molecule has 0 radical (unpaired) electrons. The fourth-order valence-corrected chi connectivity index (χ4v) is 3.73. The zero-order valence-corrected chi connectivity index (χ0v) is 17.0. The number of aryl methyl sites for hydroxylation is 1. The summed E-state index contributed by atoms with van der Waals surface area (Å²) in [6.45, 7) is 2.45. The van der Waals surface area contributed by atoms with Gasteiger partial charge in [0.25, 0.3) is 0 Å². The molecule has 1 fully saturated rings. The fourth-order valence-electron chi connectivity index (χ4n) is 3.51. The summed E-state index contributed by atoms with van der Waals surface area (Å²) in [4.78, 5) is 12.0. The van der Waals surface area contributed by atoms with Gasteiger partial charge < -0.3 is 4.74 Å². The number of halogens is 1. The van der Waals surface area contributed by atoms with Crippen molar-refractivity contribution < 1.29 is 9.53 Å². The van der Waals surface area contributed by atoms with Crippen LogP contribution in [0.15, 0.2) is 53.6 Å². The van der Waals surface area contributed by atoms with Crippen LogP contribution in [-0.4, -0.2) is 18.2 Å². The zero-order valence-electron chi connectivity index (χ0n) is 16.3. The van der Waals surface area contributed by atoms with Crippen molar-refractivity contribution in [2.45, 2.75) is 51.4 Å². The third-order valence-electron chi connectivity index (χ3n) is 5.12. The van der Waals surface area contributed by atoms with Gasteiger partial charge in [-0.25, -0.2) is 5.43 Å². The van der Waals surface area contributed by atoms with Crippen LogP contribution in [0.5, 0.6) is 5.75 Å². The number of hydrazone groups is 1. The molecule has 1 N–H and O–H groups in total. The molecule has 1 amide bonds. The van der Waals surface area contributed by atoms with Crippen LogP contribution in [0.2, 0.25) is 5.02 Å². The minimum absolute atomic E-state index is 0.0610. The second-order valence-electron chi connectivity index (χ2n) is 7.26. The molecule has 3 rings (SSSR count). The maximum atomic E-state index is 12.0. The first-order valence-corrected chi connectivity index (χ1v) is 10.3. The highest BCUT2D eigenvalue weighted by Crippen LogP contribution is 2.31. The third kappa shape index (κ3) is 6.10. The molecule has 1 aliphatic rings. The maximum Gasteiger partial charge on any atom is 0.240 e. The molecule has 0 bridgehead atoms. The third-order valence-corrected chi connectivity index (χ3v) is 5.35. The minimum Gasteiger partial charge on any atom is -0.493 e. The van der Waals surface area contributed by atoms with Gasteiger partial charge in [0.15, 0.2) is 0 Å². The van der Waals surface area contributed by atoms with Gasteiger partial charge in [0, 0.05) is 17.2 Å². The zero-order chi connectivity index (χ0) is 19.8. The van der Waals surface area contributed by atoms with Crippen molar-refractivity contribution in [3.05, 3.63) is 64.7 Å². The highest BCUT2D eigenvalue weighted by atomic mass is 35.5. The molecule has 1 aliphatic carbocycles. The van der Waals surface area contributed by atoms with Gasteiger partial charge in [0.1, 0.15) is 5.75 Å². The molecule has 0 atom stereocenters.